The Balaban J connectivity index is 2.74. The molecule has 1 aromatic rings. The van der Waals surface area contributed by atoms with Crippen molar-refractivity contribution in [1.82, 2.24) is 5.32 Å². The van der Waals surface area contributed by atoms with Crippen LogP contribution in [0.15, 0.2) is 18.2 Å². The van der Waals surface area contributed by atoms with Gasteiger partial charge in [-0.1, -0.05) is 13.3 Å². The van der Waals surface area contributed by atoms with E-state index in [2.05, 4.69) is 10.6 Å². The Morgan fingerprint density at radius 2 is 2.25 bits per heavy atom. The highest BCUT2D eigenvalue weighted by Gasteiger charge is 2.24. The summed E-state index contributed by atoms with van der Waals surface area (Å²) in [6, 6.07) is 4.93. The molecule has 1 aromatic carbocycles. The first kappa shape index (κ1) is 15.9. The van der Waals surface area contributed by atoms with Gasteiger partial charge in [0.25, 0.3) is 0 Å². The summed E-state index contributed by atoms with van der Waals surface area (Å²) >= 11 is 0. The lowest BCUT2D eigenvalue weighted by Crippen LogP contribution is -2.50. The van der Waals surface area contributed by atoms with Gasteiger partial charge in [0.2, 0.25) is 0 Å². The molecule has 2 amide bonds. The number of rotatable bonds is 5. The van der Waals surface area contributed by atoms with Crippen LogP contribution in [0.4, 0.5) is 14.9 Å². The molecule has 5 nitrogen and oxygen atoms in total. The minimum absolute atomic E-state index is 0.138. The first-order chi connectivity index (χ1) is 9.44. The van der Waals surface area contributed by atoms with Crippen LogP contribution in [0.3, 0.4) is 0 Å². The maximum absolute atomic E-state index is 13.1. The number of carbonyl (C=O) groups is 1. The summed E-state index contributed by atoms with van der Waals surface area (Å²) < 4.78 is 13.1. The van der Waals surface area contributed by atoms with Crippen molar-refractivity contribution >= 4 is 11.7 Å². The molecule has 0 bridgehead atoms. The average Bonchev–Trinajstić information content (AvgIpc) is 2.41. The van der Waals surface area contributed by atoms with Gasteiger partial charge >= 0.3 is 6.03 Å². The number of aliphatic hydroxyl groups excluding tert-OH is 1. The fourth-order valence-electron chi connectivity index (χ4n) is 1.86. The molecule has 0 saturated heterocycles. The van der Waals surface area contributed by atoms with Gasteiger partial charge in [-0.2, -0.15) is 5.26 Å². The number of nitriles is 1. The van der Waals surface area contributed by atoms with Crippen molar-refractivity contribution in [2.45, 2.75) is 32.2 Å². The fourth-order valence-corrected chi connectivity index (χ4v) is 1.86. The first-order valence-electron chi connectivity index (χ1n) is 6.34. The van der Waals surface area contributed by atoms with Crippen LogP contribution in [-0.2, 0) is 0 Å². The molecule has 1 atom stereocenters. The number of benzene rings is 1. The number of nitrogens with one attached hydrogen (secondary N) is 2. The van der Waals surface area contributed by atoms with Crippen LogP contribution in [0.25, 0.3) is 0 Å². The predicted molar refractivity (Wildman–Crippen MR) is 73.7 cm³/mol. The maximum Gasteiger partial charge on any atom is 0.319 e. The molecule has 0 aromatic heterocycles. The smallest absolute Gasteiger partial charge is 0.319 e. The standard InChI is InChI=1S/C14H18FN3O2/c1-3-6-14(2,9-19)18-13(20)17-11-4-5-12(15)10(7-11)8-16/h4-5,7,19H,3,6,9H2,1-2H3,(H2,17,18,20). The first-order valence-corrected chi connectivity index (χ1v) is 6.34. The lowest BCUT2D eigenvalue weighted by Gasteiger charge is -2.28. The molecule has 0 aliphatic heterocycles. The minimum Gasteiger partial charge on any atom is -0.394 e. The topological polar surface area (TPSA) is 85.2 Å². The highest BCUT2D eigenvalue weighted by atomic mass is 19.1. The molecule has 108 valence electrons. The molecule has 6 heteroatoms. The average molecular weight is 279 g/mol. The third-order valence-electron chi connectivity index (χ3n) is 2.91. The number of hydrogen-bond acceptors (Lipinski definition) is 3. The number of urea groups is 1. The summed E-state index contributed by atoms with van der Waals surface area (Å²) in [6.45, 7) is 3.51. The predicted octanol–water partition coefficient (Wildman–Crippen LogP) is 2.37. The number of carbonyl (C=O) groups excluding carboxylic acids is 1. The Morgan fingerprint density at radius 3 is 2.80 bits per heavy atom. The molecule has 1 unspecified atom stereocenters. The molecule has 0 aliphatic rings. The summed E-state index contributed by atoms with van der Waals surface area (Å²) in [4.78, 5) is 11.8. The molecular weight excluding hydrogens is 261 g/mol. The van der Waals surface area contributed by atoms with Crippen LogP contribution in [-0.4, -0.2) is 23.3 Å². The lowest BCUT2D eigenvalue weighted by atomic mass is 9.98. The van der Waals surface area contributed by atoms with Crippen molar-refractivity contribution in [3.8, 4) is 6.07 Å². The zero-order valence-corrected chi connectivity index (χ0v) is 11.5. The second kappa shape index (κ2) is 6.87. The SMILES string of the molecule is CCCC(C)(CO)NC(=O)Nc1ccc(F)c(C#N)c1. The Kier molecular flexibility index (Phi) is 5.47. The normalized spacial score (nSPS) is 13.2. The molecule has 0 radical (unpaired) electrons. The van der Waals surface area contributed by atoms with Crippen molar-refractivity contribution in [2.24, 2.45) is 0 Å². The lowest BCUT2D eigenvalue weighted by molar-refractivity contribution is 0.167. The van der Waals surface area contributed by atoms with Gasteiger partial charge in [-0.15, -0.1) is 0 Å². The van der Waals surface area contributed by atoms with E-state index < -0.39 is 17.4 Å². The van der Waals surface area contributed by atoms with E-state index in [4.69, 9.17) is 5.26 Å². The van der Waals surface area contributed by atoms with Crippen LogP contribution < -0.4 is 10.6 Å². The van der Waals surface area contributed by atoms with Crippen molar-refractivity contribution in [3.05, 3.63) is 29.6 Å². The summed E-state index contributed by atoms with van der Waals surface area (Å²) in [5, 5.41) is 23.2. The third kappa shape index (κ3) is 4.21. The van der Waals surface area contributed by atoms with Crippen molar-refractivity contribution in [1.29, 1.82) is 5.26 Å². The summed E-state index contributed by atoms with van der Waals surface area (Å²) in [6.07, 6.45) is 1.44. The summed E-state index contributed by atoms with van der Waals surface area (Å²) in [5.41, 5.74) is -0.532. The molecule has 20 heavy (non-hydrogen) atoms. The molecule has 3 N–H and O–H groups in total. The van der Waals surface area contributed by atoms with Gasteiger partial charge in [0.05, 0.1) is 17.7 Å². The number of anilines is 1. The Morgan fingerprint density at radius 1 is 1.55 bits per heavy atom. The van der Waals surface area contributed by atoms with E-state index in [1.165, 1.54) is 12.1 Å². The van der Waals surface area contributed by atoms with E-state index in [-0.39, 0.29) is 12.2 Å². The van der Waals surface area contributed by atoms with Gasteiger partial charge < -0.3 is 15.7 Å². The Hall–Kier alpha value is -2.13. The highest BCUT2D eigenvalue weighted by molar-refractivity contribution is 5.89. The number of aliphatic hydroxyl groups is 1. The maximum atomic E-state index is 13.1. The molecule has 0 heterocycles. The second-order valence-corrected chi connectivity index (χ2v) is 4.85. The molecular formula is C14H18FN3O2. The Bertz CT molecular complexity index is 528. The molecule has 0 saturated carbocycles. The van der Waals surface area contributed by atoms with Crippen molar-refractivity contribution in [2.75, 3.05) is 11.9 Å². The molecule has 0 fully saturated rings. The number of hydrogen-bond donors (Lipinski definition) is 3. The van der Waals surface area contributed by atoms with E-state index in [1.54, 1.807) is 13.0 Å². The molecule has 1 rings (SSSR count). The number of amides is 2. The van der Waals surface area contributed by atoms with Crippen LogP contribution in [0.2, 0.25) is 0 Å². The second-order valence-electron chi connectivity index (χ2n) is 4.85. The fraction of sp³-hybridized carbons (Fsp3) is 0.429. The van der Waals surface area contributed by atoms with E-state index in [0.29, 0.717) is 12.1 Å². The summed E-state index contributed by atoms with van der Waals surface area (Å²) in [7, 11) is 0. The third-order valence-corrected chi connectivity index (χ3v) is 2.91. The van der Waals surface area contributed by atoms with Crippen LogP contribution >= 0.6 is 0 Å². The molecule has 0 spiro atoms. The number of halogens is 1. The van der Waals surface area contributed by atoms with Gasteiger partial charge in [0, 0.05) is 5.69 Å². The van der Waals surface area contributed by atoms with Gasteiger partial charge in [0.15, 0.2) is 0 Å². The van der Waals surface area contributed by atoms with Crippen LogP contribution in [0.1, 0.15) is 32.3 Å². The minimum atomic E-state index is -0.711. The van der Waals surface area contributed by atoms with Crippen LogP contribution in [0.5, 0.6) is 0 Å². The summed E-state index contributed by atoms with van der Waals surface area (Å²) in [5.74, 6) is -0.635. The monoisotopic (exact) mass is 279 g/mol. The van der Waals surface area contributed by atoms with E-state index in [1.807, 2.05) is 6.92 Å². The quantitative estimate of drug-likeness (QED) is 0.773. The largest absolute Gasteiger partial charge is 0.394 e. The zero-order chi connectivity index (χ0) is 15.2. The van der Waals surface area contributed by atoms with Gasteiger partial charge in [-0.3, -0.25) is 0 Å². The number of nitrogens with zero attached hydrogens (tertiary/aromatic N) is 1. The van der Waals surface area contributed by atoms with Gasteiger partial charge in [-0.05, 0) is 31.5 Å². The Labute approximate surface area is 117 Å². The van der Waals surface area contributed by atoms with Crippen molar-refractivity contribution in [3.63, 3.8) is 0 Å². The van der Waals surface area contributed by atoms with E-state index in [9.17, 15) is 14.3 Å². The zero-order valence-electron chi connectivity index (χ0n) is 11.5. The van der Waals surface area contributed by atoms with E-state index >= 15 is 0 Å². The van der Waals surface area contributed by atoms with Crippen molar-refractivity contribution < 1.29 is 14.3 Å². The molecule has 0 aliphatic carbocycles. The van der Waals surface area contributed by atoms with Crippen LogP contribution in [0, 0.1) is 17.1 Å². The highest BCUT2D eigenvalue weighted by Crippen LogP contribution is 2.15. The van der Waals surface area contributed by atoms with Gasteiger partial charge in [-0.25, -0.2) is 9.18 Å². The van der Waals surface area contributed by atoms with Gasteiger partial charge in [0.1, 0.15) is 11.9 Å². The van der Waals surface area contributed by atoms with E-state index in [0.717, 1.165) is 12.5 Å².